The molecule has 2 aromatic heterocycles. The smallest absolute Gasteiger partial charge is 0.0861 e. The third kappa shape index (κ3) is 11.9. The van der Waals surface area contributed by atoms with Crippen LogP contribution in [0.15, 0.2) is 85.2 Å². The van der Waals surface area contributed by atoms with Gasteiger partial charge in [0, 0.05) is 23.5 Å². The molecule has 55 heavy (non-hydrogen) atoms. The first-order valence-corrected chi connectivity index (χ1v) is 22.8. The van der Waals surface area contributed by atoms with Gasteiger partial charge in [0.1, 0.15) is 0 Å². The Morgan fingerprint density at radius 3 is 1.18 bits per heavy atom. The van der Waals surface area contributed by atoms with Gasteiger partial charge in [-0.15, -0.1) is 0 Å². The molecule has 2 aromatic carbocycles. The average Bonchev–Trinajstić information content (AvgIpc) is 3.25. The standard InChI is InChI=1S/C52H72N2O/c1-5-9-13-39-17-23-45(24-18-39)51(47-31-27-43(28-32-47)49-35-21-41(37-53-49)15-11-7-3)55-52(46-25-19-40(20-26-46)14-10-6-2)48-33-29-44(30-34-48)50-36-22-42(38-54-50)16-12-8-4/h21-22,27-40,45-46,51-52H,5-20,23-26H2,1-4H3/t39-,40-,45-,46-,51?,52?. The van der Waals surface area contributed by atoms with Crippen LogP contribution < -0.4 is 0 Å². The molecule has 2 unspecified atom stereocenters. The molecule has 0 spiro atoms. The second kappa shape index (κ2) is 21.9. The first-order valence-electron chi connectivity index (χ1n) is 22.8. The van der Waals surface area contributed by atoms with Crippen LogP contribution in [0.3, 0.4) is 0 Å². The van der Waals surface area contributed by atoms with Crippen molar-refractivity contribution in [2.45, 2.75) is 168 Å². The largest absolute Gasteiger partial charge is 0.365 e. The third-order valence-electron chi connectivity index (χ3n) is 13.2. The molecule has 2 heterocycles. The highest BCUT2D eigenvalue weighted by molar-refractivity contribution is 5.60. The first kappa shape index (κ1) is 41.3. The van der Waals surface area contributed by atoms with Crippen molar-refractivity contribution in [1.82, 2.24) is 9.97 Å². The molecule has 2 aliphatic carbocycles. The van der Waals surface area contributed by atoms with Gasteiger partial charge in [0.15, 0.2) is 0 Å². The lowest BCUT2D eigenvalue weighted by Gasteiger charge is -2.40. The van der Waals surface area contributed by atoms with E-state index in [-0.39, 0.29) is 12.2 Å². The monoisotopic (exact) mass is 741 g/mol. The summed E-state index contributed by atoms with van der Waals surface area (Å²) in [6, 6.07) is 27.6. The second-order valence-electron chi connectivity index (χ2n) is 17.4. The molecule has 296 valence electrons. The van der Waals surface area contributed by atoms with Gasteiger partial charge in [-0.1, -0.05) is 165 Å². The van der Waals surface area contributed by atoms with E-state index in [1.165, 1.54) is 149 Å². The van der Waals surface area contributed by atoms with Gasteiger partial charge in [-0.25, -0.2) is 0 Å². The van der Waals surface area contributed by atoms with E-state index >= 15 is 0 Å². The molecule has 2 saturated carbocycles. The average molecular weight is 741 g/mol. The molecule has 2 aliphatic rings. The molecule has 2 atom stereocenters. The minimum atomic E-state index is 0.0883. The number of pyridine rings is 2. The van der Waals surface area contributed by atoms with Gasteiger partial charge in [0.25, 0.3) is 0 Å². The molecule has 0 saturated heterocycles. The molecule has 0 N–H and O–H groups in total. The summed E-state index contributed by atoms with van der Waals surface area (Å²) in [5.74, 6) is 2.83. The lowest BCUT2D eigenvalue weighted by molar-refractivity contribution is -0.0907. The Bertz CT molecular complexity index is 1500. The van der Waals surface area contributed by atoms with Crippen LogP contribution in [-0.4, -0.2) is 9.97 Å². The zero-order chi connectivity index (χ0) is 38.2. The quantitative estimate of drug-likeness (QED) is 0.0905. The van der Waals surface area contributed by atoms with Crippen LogP contribution in [0.2, 0.25) is 0 Å². The van der Waals surface area contributed by atoms with Crippen molar-refractivity contribution in [2.75, 3.05) is 0 Å². The van der Waals surface area contributed by atoms with Crippen molar-refractivity contribution in [3.8, 4) is 22.5 Å². The van der Waals surface area contributed by atoms with E-state index in [2.05, 4.69) is 113 Å². The highest BCUT2D eigenvalue weighted by Gasteiger charge is 2.36. The summed E-state index contributed by atoms with van der Waals surface area (Å²) in [7, 11) is 0. The number of aromatic nitrogens is 2. The van der Waals surface area contributed by atoms with Crippen LogP contribution in [0.5, 0.6) is 0 Å². The van der Waals surface area contributed by atoms with Gasteiger partial charge in [-0.3, -0.25) is 9.97 Å². The van der Waals surface area contributed by atoms with Crippen LogP contribution >= 0.6 is 0 Å². The number of hydrogen-bond donors (Lipinski definition) is 0. The zero-order valence-electron chi connectivity index (χ0n) is 35.0. The number of ether oxygens (including phenoxy) is 1. The van der Waals surface area contributed by atoms with Crippen LogP contribution in [0.25, 0.3) is 22.5 Å². The maximum atomic E-state index is 7.70. The van der Waals surface area contributed by atoms with E-state index in [0.29, 0.717) is 11.8 Å². The van der Waals surface area contributed by atoms with Crippen LogP contribution in [-0.2, 0) is 17.6 Å². The number of aryl methyl sites for hydroxylation is 2. The molecule has 3 nitrogen and oxygen atoms in total. The number of unbranched alkanes of at least 4 members (excludes halogenated alkanes) is 4. The second-order valence-corrected chi connectivity index (χ2v) is 17.4. The van der Waals surface area contributed by atoms with Crippen molar-refractivity contribution in [2.24, 2.45) is 23.7 Å². The number of hydrogen-bond acceptors (Lipinski definition) is 3. The fourth-order valence-electron chi connectivity index (χ4n) is 9.56. The Morgan fingerprint density at radius 2 is 0.855 bits per heavy atom. The molecule has 0 bridgehead atoms. The van der Waals surface area contributed by atoms with Gasteiger partial charge in [0.05, 0.1) is 23.6 Å². The summed E-state index contributed by atoms with van der Waals surface area (Å²) in [5, 5.41) is 0. The Kier molecular flexibility index (Phi) is 16.4. The van der Waals surface area contributed by atoms with Crippen molar-refractivity contribution < 1.29 is 4.74 Å². The molecule has 2 fully saturated rings. The maximum Gasteiger partial charge on any atom is 0.0861 e. The van der Waals surface area contributed by atoms with E-state index < -0.39 is 0 Å². The van der Waals surface area contributed by atoms with Crippen molar-refractivity contribution in [1.29, 1.82) is 0 Å². The zero-order valence-corrected chi connectivity index (χ0v) is 35.0. The third-order valence-corrected chi connectivity index (χ3v) is 13.2. The minimum Gasteiger partial charge on any atom is -0.365 e. The number of benzene rings is 2. The summed E-state index contributed by atoms with van der Waals surface area (Å²) in [6.45, 7) is 9.17. The molecule has 3 heteroatoms. The van der Waals surface area contributed by atoms with E-state index in [4.69, 9.17) is 14.7 Å². The summed E-state index contributed by atoms with van der Waals surface area (Å²) in [4.78, 5) is 9.76. The highest BCUT2D eigenvalue weighted by Crippen LogP contribution is 2.47. The Morgan fingerprint density at radius 1 is 0.473 bits per heavy atom. The molecular weight excluding hydrogens is 669 g/mol. The molecule has 0 aliphatic heterocycles. The lowest BCUT2D eigenvalue weighted by Crippen LogP contribution is -2.28. The Balaban J connectivity index is 1.27. The van der Waals surface area contributed by atoms with Crippen molar-refractivity contribution in [3.63, 3.8) is 0 Å². The molecule has 0 amide bonds. The minimum absolute atomic E-state index is 0.0883. The summed E-state index contributed by atoms with van der Waals surface area (Å²) in [5.41, 5.74) is 9.85. The van der Waals surface area contributed by atoms with Crippen molar-refractivity contribution in [3.05, 3.63) is 107 Å². The fourth-order valence-corrected chi connectivity index (χ4v) is 9.56. The van der Waals surface area contributed by atoms with Gasteiger partial charge < -0.3 is 4.74 Å². The van der Waals surface area contributed by atoms with Crippen LogP contribution in [0.4, 0.5) is 0 Å². The summed E-state index contributed by atoms with van der Waals surface area (Å²) in [6.07, 6.45) is 29.9. The summed E-state index contributed by atoms with van der Waals surface area (Å²) < 4.78 is 7.70. The molecule has 6 rings (SSSR count). The molecule has 0 radical (unpaired) electrons. The first-order chi connectivity index (χ1) is 27.1. The van der Waals surface area contributed by atoms with Gasteiger partial charge in [0.2, 0.25) is 0 Å². The number of rotatable bonds is 20. The predicted octanol–water partition coefficient (Wildman–Crippen LogP) is 15.3. The van der Waals surface area contributed by atoms with Gasteiger partial charge >= 0.3 is 0 Å². The highest BCUT2D eigenvalue weighted by atomic mass is 16.5. The fraction of sp³-hybridized carbons (Fsp3) is 0.577. The van der Waals surface area contributed by atoms with Crippen molar-refractivity contribution >= 4 is 0 Å². The molecular formula is C52H72N2O. The molecule has 4 aromatic rings. The van der Waals surface area contributed by atoms with E-state index in [9.17, 15) is 0 Å². The number of nitrogens with zero attached hydrogens (tertiary/aromatic N) is 2. The Hall–Kier alpha value is -3.30. The van der Waals surface area contributed by atoms with Gasteiger partial charge in [-0.2, -0.15) is 0 Å². The summed E-state index contributed by atoms with van der Waals surface area (Å²) >= 11 is 0. The van der Waals surface area contributed by atoms with E-state index in [1.807, 2.05) is 0 Å². The topological polar surface area (TPSA) is 35.0 Å². The maximum absolute atomic E-state index is 7.70. The Labute approximate surface area is 335 Å². The van der Waals surface area contributed by atoms with Crippen LogP contribution in [0, 0.1) is 23.7 Å². The normalized spacial score (nSPS) is 21.3. The van der Waals surface area contributed by atoms with E-state index in [0.717, 1.165) is 36.1 Å². The van der Waals surface area contributed by atoms with E-state index in [1.54, 1.807) is 0 Å². The lowest BCUT2D eigenvalue weighted by atomic mass is 9.74. The van der Waals surface area contributed by atoms with Gasteiger partial charge in [-0.05, 0) is 109 Å². The van der Waals surface area contributed by atoms with Crippen LogP contribution in [0.1, 0.15) is 178 Å². The SMILES string of the molecule is CCCCc1ccc(-c2ccc(C(OC(c3ccc(-c4ccc(CCCC)cn4)cc3)[C@H]3CC[C@H](CCCC)CC3)[C@H]3CC[C@H](CCCC)CC3)cc2)nc1. The predicted molar refractivity (Wildman–Crippen MR) is 233 cm³/mol.